The summed E-state index contributed by atoms with van der Waals surface area (Å²) in [6.45, 7) is 2.68. The van der Waals surface area contributed by atoms with E-state index in [1.165, 1.54) is 22.6 Å². The quantitative estimate of drug-likeness (QED) is 0.289. The molecular formula is C22H25N9O4. The summed E-state index contributed by atoms with van der Waals surface area (Å²) in [6, 6.07) is 5.60. The van der Waals surface area contributed by atoms with E-state index < -0.39 is 30.4 Å². The summed E-state index contributed by atoms with van der Waals surface area (Å²) in [5.74, 6) is 0.204. The van der Waals surface area contributed by atoms with Gasteiger partial charge in [-0.1, -0.05) is 13.0 Å². The van der Waals surface area contributed by atoms with E-state index in [2.05, 4.69) is 35.7 Å². The molecule has 4 N–H and O–H groups in total. The van der Waals surface area contributed by atoms with Crippen LogP contribution >= 0.6 is 0 Å². The van der Waals surface area contributed by atoms with Gasteiger partial charge in [0.15, 0.2) is 29.3 Å². The van der Waals surface area contributed by atoms with Gasteiger partial charge in [-0.2, -0.15) is 15.1 Å². The minimum absolute atomic E-state index is 0.260. The summed E-state index contributed by atoms with van der Waals surface area (Å²) >= 11 is 0. The van der Waals surface area contributed by atoms with Crippen molar-refractivity contribution in [2.45, 2.75) is 37.9 Å². The molecule has 0 spiro atoms. The number of hydrogen-bond donors (Lipinski definition) is 4. The highest BCUT2D eigenvalue weighted by atomic mass is 16.6. The largest absolute Gasteiger partial charge is 0.387 e. The lowest BCUT2D eigenvalue weighted by Crippen LogP contribution is -2.41. The molecule has 4 aromatic rings. The van der Waals surface area contributed by atoms with E-state index in [1.54, 1.807) is 18.6 Å². The van der Waals surface area contributed by atoms with Gasteiger partial charge in [-0.15, -0.1) is 0 Å². The number of aliphatic hydroxyl groups is 2. The van der Waals surface area contributed by atoms with Crippen LogP contribution in [0.2, 0.25) is 0 Å². The summed E-state index contributed by atoms with van der Waals surface area (Å²) in [6.07, 6.45) is 2.33. The number of hydrogen-bond acceptors (Lipinski definition) is 10. The van der Waals surface area contributed by atoms with E-state index in [0.29, 0.717) is 23.5 Å². The highest BCUT2D eigenvalue weighted by molar-refractivity contribution is 5.84. The Labute approximate surface area is 199 Å². The van der Waals surface area contributed by atoms with Crippen molar-refractivity contribution in [2.75, 3.05) is 18.9 Å². The van der Waals surface area contributed by atoms with Crippen LogP contribution in [0.25, 0.3) is 28.4 Å². The summed E-state index contributed by atoms with van der Waals surface area (Å²) in [7, 11) is 1.43. The number of carbonyl (C=O) groups excluding carboxylic acids is 1. The number of amides is 1. The molecule has 1 amide bonds. The molecule has 35 heavy (non-hydrogen) atoms. The minimum Gasteiger partial charge on any atom is -0.387 e. The fraction of sp³-hybridized carbons (Fsp3) is 0.364. The van der Waals surface area contributed by atoms with Gasteiger partial charge in [0.1, 0.15) is 12.2 Å². The third kappa shape index (κ3) is 4.09. The number of rotatable bonds is 7. The maximum absolute atomic E-state index is 12.1. The van der Waals surface area contributed by atoms with Crippen molar-refractivity contribution < 1.29 is 19.7 Å². The summed E-state index contributed by atoms with van der Waals surface area (Å²) in [4.78, 5) is 30.1. The van der Waals surface area contributed by atoms with Crippen molar-refractivity contribution in [3.05, 3.63) is 43.1 Å². The Balaban J connectivity index is 1.58. The van der Waals surface area contributed by atoms with Gasteiger partial charge in [0.05, 0.1) is 18.2 Å². The van der Waals surface area contributed by atoms with E-state index in [0.717, 1.165) is 17.7 Å². The number of fused-ring (bicyclic) bond motifs is 1. The molecule has 1 fully saturated rings. The van der Waals surface area contributed by atoms with Crippen LogP contribution in [0.1, 0.15) is 19.6 Å². The van der Waals surface area contributed by atoms with Gasteiger partial charge >= 0.3 is 0 Å². The summed E-state index contributed by atoms with van der Waals surface area (Å²) in [5, 5.41) is 31.1. The van der Waals surface area contributed by atoms with Gasteiger partial charge in [0.2, 0.25) is 0 Å². The first-order valence-corrected chi connectivity index (χ1v) is 11.2. The molecule has 0 aliphatic carbocycles. The SMILES string of the molecule is CCCNc1nc(-n2cc(-c3ccccn3)cn2)nc2c1ncn2[C@@H]1O[C@H](C(=O)NC)[C@@H](O)[C@H]1O. The molecule has 182 valence electrons. The molecule has 13 nitrogen and oxygen atoms in total. The number of ether oxygens (including phenoxy) is 1. The average molecular weight is 480 g/mol. The molecular weight excluding hydrogens is 454 g/mol. The van der Waals surface area contributed by atoms with Crippen LogP contribution in [0.5, 0.6) is 0 Å². The van der Waals surface area contributed by atoms with E-state index in [4.69, 9.17) is 4.74 Å². The van der Waals surface area contributed by atoms with E-state index in [1.807, 2.05) is 25.1 Å². The van der Waals surface area contributed by atoms with E-state index in [-0.39, 0.29) is 5.95 Å². The molecule has 5 rings (SSSR count). The van der Waals surface area contributed by atoms with Crippen LogP contribution in [-0.4, -0.2) is 82.3 Å². The predicted octanol–water partition coefficient (Wildman–Crippen LogP) is 0.261. The number of nitrogens with one attached hydrogen (secondary N) is 2. The number of aliphatic hydroxyl groups excluding tert-OH is 2. The van der Waals surface area contributed by atoms with Crippen LogP contribution < -0.4 is 10.6 Å². The van der Waals surface area contributed by atoms with Crippen molar-refractivity contribution in [3.8, 4) is 17.2 Å². The number of imidazole rings is 1. The lowest BCUT2D eigenvalue weighted by Gasteiger charge is -2.17. The van der Waals surface area contributed by atoms with Crippen molar-refractivity contribution in [1.29, 1.82) is 0 Å². The van der Waals surface area contributed by atoms with Crippen LogP contribution in [0.3, 0.4) is 0 Å². The Morgan fingerprint density at radius 2 is 2.06 bits per heavy atom. The third-order valence-corrected chi connectivity index (χ3v) is 5.72. The number of pyridine rings is 1. The van der Waals surface area contributed by atoms with Crippen LogP contribution in [-0.2, 0) is 9.53 Å². The fourth-order valence-electron chi connectivity index (χ4n) is 3.91. The Morgan fingerprint density at radius 3 is 2.80 bits per heavy atom. The molecule has 13 heteroatoms. The Morgan fingerprint density at radius 1 is 1.20 bits per heavy atom. The highest BCUT2D eigenvalue weighted by Gasteiger charge is 2.47. The highest BCUT2D eigenvalue weighted by Crippen LogP contribution is 2.33. The molecule has 0 bridgehead atoms. The van der Waals surface area contributed by atoms with Crippen LogP contribution in [0.15, 0.2) is 43.1 Å². The maximum atomic E-state index is 12.1. The van der Waals surface area contributed by atoms with Crippen LogP contribution in [0.4, 0.5) is 5.82 Å². The van der Waals surface area contributed by atoms with Gasteiger partial charge in [-0.05, 0) is 18.6 Å². The molecule has 1 aliphatic heterocycles. The van der Waals surface area contributed by atoms with Gasteiger partial charge in [-0.25, -0.2) is 9.67 Å². The monoisotopic (exact) mass is 479 g/mol. The second-order valence-electron chi connectivity index (χ2n) is 8.05. The molecule has 1 saturated heterocycles. The lowest BCUT2D eigenvalue weighted by atomic mass is 10.1. The van der Waals surface area contributed by atoms with Crippen molar-refractivity contribution >= 4 is 22.9 Å². The second-order valence-corrected chi connectivity index (χ2v) is 8.05. The number of aromatic nitrogens is 7. The number of nitrogens with zero attached hydrogens (tertiary/aromatic N) is 7. The predicted molar refractivity (Wildman–Crippen MR) is 124 cm³/mol. The molecule has 0 saturated carbocycles. The molecule has 5 heterocycles. The van der Waals surface area contributed by atoms with Crippen molar-refractivity contribution in [2.24, 2.45) is 0 Å². The number of anilines is 1. The average Bonchev–Trinajstić information content (AvgIpc) is 3.61. The third-order valence-electron chi connectivity index (χ3n) is 5.72. The zero-order chi connectivity index (χ0) is 24.5. The van der Waals surface area contributed by atoms with Crippen LogP contribution in [0, 0.1) is 0 Å². The van der Waals surface area contributed by atoms with Gasteiger partial charge in [0.25, 0.3) is 11.9 Å². The summed E-state index contributed by atoms with van der Waals surface area (Å²) < 4.78 is 8.72. The Hall–Kier alpha value is -3.94. The fourth-order valence-corrected chi connectivity index (χ4v) is 3.91. The van der Waals surface area contributed by atoms with Crippen molar-refractivity contribution in [1.82, 2.24) is 39.6 Å². The first-order valence-electron chi connectivity index (χ1n) is 11.2. The molecule has 4 atom stereocenters. The van der Waals surface area contributed by atoms with Crippen molar-refractivity contribution in [3.63, 3.8) is 0 Å². The zero-order valence-corrected chi connectivity index (χ0v) is 19.1. The molecule has 4 aromatic heterocycles. The molecule has 0 radical (unpaired) electrons. The topological polar surface area (TPSA) is 165 Å². The molecule has 0 unspecified atom stereocenters. The molecule has 0 aromatic carbocycles. The van der Waals surface area contributed by atoms with Gasteiger partial charge in [0, 0.05) is 31.5 Å². The summed E-state index contributed by atoms with van der Waals surface area (Å²) in [5.41, 5.74) is 2.34. The van der Waals surface area contributed by atoms with Gasteiger partial charge < -0.3 is 25.6 Å². The number of carbonyl (C=O) groups is 1. The van der Waals surface area contributed by atoms with E-state index in [9.17, 15) is 15.0 Å². The smallest absolute Gasteiger partial charge is 0.254 e. The van der Waals surface area contributed by atoms with E-state index >= 15 is 0 Å². The Kier molecular flexibility index (Phi) is 6.11. The lowest BCUT2D eigenvalue weighted by molar-refractivity contribution is -0.137. The van der Waals surface area contributed by atoms with Gasteiger partial charge in [-0.3, -0.25) is 14.3 Å². The maximum Gasteiger partial charge on any atom is 0.254 e. The minimum atomic E-state index is -1.41. The Bertz CT molecular complexity index is 1340. The first kappa shape index (κ1) is 22.8. The first-order chi connectivity index (χ1) is 17.0. The standard InChI is InChI=1S/C22H25N9O4/c1-3-7-25-18-14-19(30(11-26-14)21-16(33)15(32)17(35-21)20(34)23-2)29-22(28-18)31-10-12(9-27-31)13-6-4-5-8-24-13/h4-6,8-11,15-17,21,32-33H,3,7H2,1-2H3,(H,23,34)(H,25,28,29)/t15-,16+,17-,21+/m0/s1. The molecule has 1 aliphatic rings. The number of likely N-dealkylation sites (N-methyl/N-ethyl adjacent to an activating group) is 1. The zero-order valence-electron chi connectivity index (χ0n) is 19.1. The normalized spacial score (nSPS) is 21.9. The second kappa shape index (κ2) is 9.37.